The van der Waals surface area contributed by atoms with Gasteiger partial charge < -0.3 is 10.2 Å². The van der Waals surface area contributed by atoms with Crippen LogP contribution in [0.25, 0.3) is 0 Å². The van der Waals surface area contributed by atoms with Gasteiger partial charge in [-0.3, -0.25) is 4.79 Å². The summed E-state index contributed by atoms with van der Waals surface area (Å²) >= 11 is 0. The van der Waals surface area contributed by atoms with E-state index in [1.165, 1.54) is 0 Å². The van der Waals surface area contributed by atoms with Crippen LogP contribution in [0.1, 0.15) is 26.3 Å². The smallest absolute Gasteiger partial charge is 0.309 e. The zero-order valence-corrected chi connectivity index (χ0v) is 9.90. The van der Waals surface area contributed by atoms with Gasteiger partial charge in [-0.2, -0.15) is 0 Å². The highest BCUT2D eigenvalue weighted by Gasteiger charge is 2.36. The van der Waals surface area contributed by atoms with Crippen LogP contribution >= 0.6 is 0 Å². The fraction of sp³-hybridized carbons (Fsp3) is 0.462. The summed E-state index contributed by atoms with van der Waals surface area (Å²) in [5.41, 5.74) is 0.160. The van der Waals surface area contributed by atoms with Crippen molar-refractivity contribution in [3.8, 4) is 5.75 Å². The van der Waals surface area contributed by atoms with Crippen LogP contribution in [-0.4, -0.2) is 16.2 Å². The van der Waals surface area contributed by atoms with Crippen LogP contribution in [0.5, 0.6) is 5.75 Å². The lowest BCUT2D eigenvalue weighted by atomic mass is 9.74. The Balaban J connectivity index is 2.93. The zero-order chi connectivity index (χ0) is 12.3. The van der Waals surface area contributed by atoms with Gasteiger partial charge in [0.25, 0.3) is 0 Å². The summed E-state index contributed by atoms with van der Waals surface area (Å²) in [6, 6.07) is 6.69. The van der Waals surface area contributed by atoms with E-state index in [4.69, 9.17) is 5.11 Å². The minimum absolute atomic E-state index is 0.0544. The molecule has 2 N–H and O–H groups in total. The Bertz CT molecular complexity index is 367. The summed E-state index contributed by atoms with van der Waals surface area (Å²) in [5.74, 6) is -0.528. The van der Waals surface area contributed by atoms with E-state index in [2.05, 4.69) is 0 Å². The second-order valence-electron chi connectivity index (χ2n) is 4.72. The van der Waals surface area contributed by atoms with Crippen molar-refractivity contribution in [1.29, 1.82) is 0 Å². The third-order valence-electron chi connectivity index (χ3n) is 3.27. The normalized spacial score (nSPS) is 14.8. The highest BCUT2D eigenvalue weighted by atomic mass is 16.4. The number of benzene rings is 1. The van der Waals surface area contributed by atoms with Gasteiger partial charge in [-0.25, -0.2) is 0 Å². The number of carboxylic acids is 1. The molecule has 0 heterocycles. The Morgan fingerprint density at radius 3 is 2.19 bits per heavy atom. The number of phenols is 1. The van der Waals surface area contributed by atoms with Crippen LogP contribution in [0.3, 0.4) is 0 Å². The topological polar surface area (TPSA) is 57.5 Å². The molecule has 3 heteroatoms. The van der Waals surface area contributed by atoms with Crippen molar-refractivity contribution in [2.24, 2.45) is 11.3 Å². The number of aromatic hydroxyl groups is 1. The minimum atomic E-state index is -0.782. The summed E-state index contributed by atoms with van der Waals surface area (Å²) in [4.78, 5) is 11.3. The van der Waals surface area contributed by atoms with Crippen molar-refractivity contribution in [3.05, 3.63) is 29.8 Å². The molecule has 0 fully saturated rings. The largest absolute Gasteiger partial charge is 0.508 e. The summed E-state index contributed by atoms with van der Waals surface area (Å²) in [5, 5.41) is 18.4. The molecule has 0 saturated carbocycles. The Labute approximate surface area is 95.7 Å². The first kappa shape index (κ1) is 12.6. The molecule has 0 amide bonds. The first-order valence-electron chi connectivity index (χ1n) is 5.37. The molecule has 1 atom stereocenters. The maximum Gasteiger partial charge on any atom is 0.309 e. The van der Waals surface area contributed by atoms with Crippen LogP contribution < -0.4 is 0 Å². The van der Waals surface area contributed by atoms with E-state index in [1.54, 1.807) is 31.2 Å². The first-order chi connectivity index (χ1) is 7.36. The van der Waals surface area contributed by atoms with E-state index >= 15 is 0 Å². The van der Waals surface area contributed by atoms with Gasteiger partial charge in [-0.15, -0.1) is 0 Å². The van der Waals surface area contributed by atoms with Crippen LogP contribution in [0, 0.1) is 11.3 Å². The van der Waals surface area contributed by atoms with Crippen LogP contribution in [0.2, 0.25) is 0 Å². The number of carboxylic acid groups (broad SMARTS) is 1. The molecular weight excluding hydrogens is 204 g/mol. The van der Waals surface area contributed by atoms with E-state index in [9.17, 15) is 9.90 Å². The Morgan fingerprint density at radius 2 is 1.81 bits per heavy atom. The summed E-state index contributed by atoms with van der Waals surface area (Å²) in [6.45, 7) is 5.58. The number of hydrogen-bond acceptors (Lipinski definition) is 2. The van der Waals surface area contributed by atoms with E-state index < -0.39 is 11.4 Å². The second kappa shape index (κ2) is 4.56. The molecule has 0 aliphatic carbocycles. The number of rotatable bonds is 4. The van der Waals surface area contributed by atoms with Gasteiger partial charge in [0.2, 0.25) is 0 Å². The summed E-state index contributed by atoms with van der Waals surface area (Å²) in [6.07, 6.45) is 0.472. The van der Waals surface area contributed by atoms with E-state index in [0.29, 0.717) is 6.42 Å². The van der Waals surface area contributed by atoms with Gasteiger partial charge in [0.05, 0.1) is 5.41 Å². The third-order valence-corrected chi connectivity index (χ3v) is 3.27. The third kappa shape index (κ3) is 2.54. The van der Waals surface area contributed by atoms with Crippen molar-refractivity contribution in [3.63, 3.8) is 0 Å². The number of hydrogen-bond donors (Lipinski definition) is 2. The van der Waals surface area contributed by atoms with Crippen molar-refractivity contribution in [2.45, 2.75) is 27.2 Å². The zero-order valence-electron chi connectivity index (χ0n) is 9.90. The van der Waals surface area contributed by atoms with Crippen molar-refractivity contribution in [1.82, 2.24) is 0 Å². The fourth-order valence-corrected chi connectivity index (χ4v) is 1.56. The highest BCUT2D eigenvalue weighted by Crippen LogP contribution is 2.32. The van der Waals surface area contributed by atoms with Crippen LogP contribution in [0.4, 0.5) is 0 Å². The molecule has 16 heavy (non-hydrogen) atoms. The molecule has 1 unspecified atom stereocenters. The second-order valence-corrected chi connectivity index (χ2v) is 4.72. The van der Waals surface area contributed by atoms with Gasteiger partial charge in [-0.05, 0) is 37.0 Å². The maximum absolute atomic E-state index is 11.3. The molecule has 0 bridgehead atoms. The number of aliphatic carboxylic acids is 1. The highest BCUT2D eigenvalue weighted by molar-refractivity contribution is 5.75. The van der Waals surface area contributed by atoms with Gasteiger partial charge in [-0.1, -0.05) is 26.0 Å². The minimum Gasteiger partial charge on any atom is -0.508 e. The maximum atomic E-state index is 11.3. The molecule has 0 spiro atoms. The van der Waals surface area contributed by atoms with Gasteiger partial charge in [0, 0.05) is 0 Å². The quantitative estimate of drug-likeness (QED) is 0.823. The average Bonchev–Trinajstić information content (AvgIpc) is 2.20. The Kier molecular flexibility index (Phi) is 3.58. The standard InChI is InChI=1S/C13H18O3/c1-9(2)13(3,12(15)16)8-10-4-6-11(14)7-5-10/h4-7,9,14H,8H2,1-3H3,(H,15,16). The lowest BCUT2D eigenvalue weighted by molar-refractivity contribution is -0.150. The molecule has 1 aromatic rings. The molecule has 0 radical (unpaired) electrons. The summed E-state index contributed by atoms with van der Waals surface area (Å²) in [7, 11) is 0. The van der Waals surface area contributed by atoms with Crippen LogP contribution in [0.15, 0.2) is 24.3 Å². The van der Waals surface area contributed by atoms with Crippen LogP contribution in [-0.2, 0) is 11.2 Å². The Morgan fingerprint density at radius 1 is 1.31 bits per heavy atom. The first-order valence-corrected chi connectivity index (χ1v) is 5.37. The van der Waals surface area contributed by atoms with Gasteiger partial charge in [0.1, 0.15) is 5.75 Å². The SMILES string of the molecule is CC(C)C(C)(Cc1ccc(O)cc1)C(=O)O. The van der Waals surface area contributed by atoms with Gasteiger partial charge >= 0.3 is 5.97 Å². The number of carbonyl (C=O) groups is 1. The molecule has 1 rings (SSSR count). The van der Waals surface area contributed by atoms with E-state index in [0.717, 1.165) is 5.56 Å². The fourth-order valence-electron chi connectivity index (χ4n) is 1.56. The van der Waals surface area contributed by atoms with E-state index in [1.807, 2.05) is 13.8 Å². The monoisotopic (exact) mass is 222 g/mol. The Hall–Kier alpha value is -1.51. The average molecular weight is 222 g/mol. The van der Waals surface area contributed by atoms with Crippen molar-refractivity contribution >= 4 is 5.97 Å². The molecule has 0 aliphatic rings. The van der Waals surface area contributed by atoms with E-state index in [-0.39, 0.29) is 11.7 Å². The molecule has 0 aliphatic heterocycles. The lowest BCUT2D eigenvalue weighted by Gasteiger charge is -2.29. The summed E-state index contributed by atoms with van der Waals surface area (Å²) < 4.78 is 0. The van der Waals surface area contributed by atoms with Gasteiger partial charge in [0.15, 0.2) is 0 Å². The predicted molar refractivity (Wildman–Crippen MR) is 62.4 cm³/mol. The molecule has 88 valence electrons. The van der Waals surface area contributed by atoms with Crippen molar-refractivity contribution in [2.75, 3.05) is 0 Å². The predicted octanol–water partition coefficient (Wildman–Crippen LogP) is 2.68. The molecule has 0 saturated heterocycles. The number of phenolic OH excluding ortho intramolecular Hbond substituents is 1. The molecular formula is C13H18O3. The molecule has 3 nitrogen and oxygen atoms in total. The molecule has 1 aromatic carbocycles. The van der Waals surface area contributed by atoms with Crippen molar-refractivity contribution < 1.29 is 15.0 Å². The molecule has 0 aromatic heterocycles. The lowest BCUT2D eigenvalue weighted by Crippen LogP contribution is -2.35.